The monoisotopic (exact) mass is 273 g/mol. The second-order valence-corrected chi connectivity index (χ2v) is 6.33. The third-order valence-electron chi connectivity index (χ3n) is 4.80. The fourth-order valence-corrected chi connectivity index (χ4v) is 3.75. The van der Waals surface area contributed by atoms with E-state index in [-0.39, 0.29) is 5.82 Å². The molecule has 20 heavy (non-hydrogen) atoms. The molecule has 0 amide bonds. The normalized spacial score (nSPS) is 16.9. The van der Waals surface area contributed by atoms with Crippen molar-refractivity contribution in [3.05, 3.63) is 35.8 Å². The van der Waals surface area contributed by atoms with Crippen LogP contribution in [0.15, 0.2) is 24.4 Å². The number of rotatable bonds is 4. The average molecular weight is 273 g/mol. The Morgan fingerprint density at radius 2 is 2.00 bits per heavy atom. The van der Waals surface area contributed by atoms with Crippen molar-refractivity contribution in [3.63, 3.8) is 0 Å². The number of hydrogen-bond acceptors (Lipinski definition) is 0. The second-order valence-electron chi connectivity index (χ2n) is 6.33. The van der Waals surface area contributed by atoms with Crippen LogP contribution in [0.4, 0.5) is 4.39 Å². The number of benzene rings is 1. The van der Waals surface area contributed by atoms with Gasteiger partial charge in [-0.15, -0.1) is 0 Å². The molecular weight excluding hydrogens is 249 g/mol. The zero-order valence-electron chi connectivity index (χ0n) is 12.4. The standard InChI is InChI=1S/C18H24FN/c1-20-11-10-16-13-17(19)12-15(18(16)20)9-5-8-14-6-3-2-4-7-14/h10-14H,2-9H2,1H3. The molecule has 0 bridgehead atoms. The molecule has 3 rings (SSSR count). The summed E-state index contributed by atoms with van der Waals surface area (Å²) in [5.41, 5.74) is 2.37. The van der Waals surface area contributed by atoms with Crippen molar-refractivity contribution >= 4 is 10.9 Å². The molecule has 0 unspecified atom stereocenters. The third-order valence-corrected chi connectivity index (χ3v) is 4.80. The van der Waals surface area contributed by atoms with Crippen LogP contribution in [-0.2, 0) is 13.5 Å². The van der Waals surface area contributed by atoms with Crippen molar-refractivity contribution < 1.29 is 4.39 Å². The van der Waals surface area contributed by atoms with Crippen LogP contribution < -0.4 is 0 Å². The Morgan fingerprint density at radius 3 is 2.80 bits per heavy atom. The molecule has 0 radical (unpaired) electrons. The summed E-state index contributed by atoms with van der Waals surface area (Å²) in [6, 6.07) is 5.37. The Hall–Kier alpha value is -1.31. The van der Waals surface area contributed by atoms with Crippen LogP contribution in [0.5, 0.6) is 0 Å². The van der Waals surface area contributed by atoms with Gasteiger partial charge in [0, 0.05) is 18.6 Å². The Kier molecular flexibility index (Phi) is 4.09. The van der Waals surface area contributed by atoms with Gasteiger partial charge >= 0.3 is 0 Å². The Bertz CT molecular complexity index is 578. The molecule has 2 aromatic rings. The van der Waals surface area contributed by atoms with Gasteiger partial charge in [-0.3, -0.25) is 0 Å². The summed E-state index contributed by atoms with van der Waals surface area (Å²) >= 11 is 0. The van der Waals surface area contributed by atoms with E-state index in [1.165, 1.54) is 56.0 Å². The lowest BCUT2D eigenvalue weighted by Crippen LogP contribution is -2.06. The summed E-state index contributed by atoms with van der Waals surface area (Å²) in [7, 11) is 2.05. The Morgan fingerprint density at radius 1 is 1.20 bits per heavy atom. The predicted octanol–water partition coefficient (Wildman–Crippen LogP) is 5.22. The fraction of sp³-hybridized carbons (Fsp3) is 0.556. The molecule has 1 aromatic heterocycles. The highest BCUT2D eigenvalue weighted by Gasteiger charge is 2.14. The van der Waals surface area contributed by atoms with Crippen LogP contribution in [0.3, 0.4) is 0 Å². The molecule has 1 nitrogen and oxygen atoms in total. The van der Waals surface area contributed by atoms with Gasteiger partial charge < -0.3 is 4.57 Å². The zero-order chi connectivity index (χ0) is 13.9. The highest BCUT2D eigenvalue weighted by molar-refractivity contribution is 5.83. The second kappa shape index (κ2) is 5.99. The summed E-state index contributed by atoms with van der Waals surface area (Å²) in [6.07, 6.45) is 12.6. The van der Waals surface area contributed by atoms with E-state index in [1.807, 2.05) is 19.3 Å². The predicted molar refractivity (Wildman–Crippen MR) is 82.4 cm³/mol. The van der Waals surface area contributed by atoms with Crippen molar-refractivity contribution in [2.24, 2.45) is 13.0 Å². The van der Waals surface area contributed by atoms with Crippen LogP contribution in [0, 0.1) is 11.7 Å². The maximum Gasteiger partial charge on any atom is 0.124 e. The first-order chi connectivity index (χ1) is 9.74. The number of aromatic nitrogens is 1. The smallest absolute Gasteiger partial charge is 0.124 e. The zero-order valence-corrected chi connectivity index (χ0v) is 12.4. The summed E-state index contributed by atoms with van der Waals surface area (Å²) in [6.45, 7) is 0. The van der Waals surface area contributed by atoms with Gasteiger partial charge in [0.15, 0.2) is 0 Å². The van der Waals surface area contributed by atoms with Gasteiger partial charge in [0.05, 0.1) is 5.52 Å². The lowest BCUT2D eigenvalue weighted by Gasteiger charge is -2.21. The van der Waals surface area contributed by atoms with E-state index >= 15 is 0 Å². The molecule has 0 aliphatic heterocycles. The molecular formula is C18H24FN. The molecule has 1 saturated carbocycles. The van der Waals surface area contributed by atoms with E-state index in [1.54, 1.807) is 12.1 Å². The first kappa shape index (κ1) is 13.7. The van der Waals surface area contributed by atoms with Crippen molar-refractivity contribution in [1.82, 2.24) is 4.57 Å². The van der Waals surface area contributed by atoms with Crippen molar-refractivity contribution in [1.29, 1.82) is 0 Å². The molecule has 0 N–H and O–H groups in total. The lowest BCUT2D eigenvalue weighted by atomic mass is 9.85. The van der Waals surface area contributed by atoms with Gasteiger partial charge in [-0.1, -0.05) is 38.5 Å². The van der Waals surface area contributed by atoms with Crippen molar-refractivity contribution in [2.45, 2.75) is 51.4 Å². The van der Waals surface area contributed by atoms with Gasteiger partial charge in [0.1, 0.15) is 5.82 Å². The van der Waals surface area contributed by atoms with Gasteiger partial charge in [0.25, 0.3) is 0 Å². The molecule has 0 atom stereocenters. The minimum absolute atomic E-state index is 0.101. The average Bonchev–Trinajstić information content (AvgIpc) is 2.81. The maximum absolute atomic E-state index is 13.7. The van der Waals surface area contributed by atoms with E-state index < -0.39 is 0 Å². The first-order valence-electron chi connectivity index (χ1n) is 7.97. The van der Waals surface area contributed by atoms with Gasteiger partial charge in [-0.2, -0.15) is 0 Å². The van der Waals surface area contributed by atoms with E-state index in [4.69, 9.17) is 0 Å². The van der Waals surface area contributed by atoms with Crippen molar-refractivity contribution in [2.75, 3.05) is 0 Å². The lowest BCUT2D eigenvalue weighted by molar-refractivity contribution is 0.332. The molecule has 1 aliphatic carbocycles. The summed E-state index contributed by atoms with van der Waals surface area (Å²) < 4.78 is 15.8. The Balaban J connectivity index is 1.68. The van der Waals surface area contributed by atoms with Crippen LogP contribution >= 0.6 is 0 Å². The minimum Gasteiger partial charge on any atom is -0.350 e. The van der Waals surface area contributed by atoms with E-state index in [9.17, 15) is 4.39 Å². The molecule has 108 valence electrons. The van der Waals surface area contributed by atoms with Crippen molar-refractivity contribution in [3.8, 4) is 0 Å². The SMILES string of the molecule is Cn1ccc2cc(F)cc(CCCC3CCCCC3)c21. The molecule has 0 saturated heterocycles. The van der Waals surface area contributed by atoms with E-state index in [0.29, 0.717) is 0 Å². The molecule has 0 spiro atoms. The first-order valence-corrected chi connectivity index (χ1v) is 7.97. The van der Waals surface area contributed by atoms with Crippen LogP contribution in [-0.4, -0.2) is 4.57 Å². The number of hydrogen-bond donors (Lipinski definition) is 0. The van der Waals surface area contributed by atoms with Gasteiger partial charge in [0.2, 0.25) is 0 Å². The highest BCUT2D eigenvalue weighted by Crippen LogP contribution is 2.29. The van der Waals surface area contributed by atoms with E-state index in [0.717, 1.165) is 17.7 Å². The highest BCUT2D eigenvalue weighted by atomic mass is 19.1. The number of halogens is 1. The van der Waals surface area contributed by atoms with Crippen LogP contribution in [0.25, 0.3) is 10.9 Å². The maximum atomic E-state index is 13.7. The largest absolute Gasteiger partial charge is 0.350 e. The van der Waals surface area contributed by atoms with Crippen LogP contribution in [0.1, 0.15) is 50.5 Å². The quantitative estimate of drug-likeness (QED) is 0.719. The third kappa shape index (κ3) is 2.89. The summed E-state index contributed by atoms with van der Waals surface area (Å²) in [4.78, 5) is 0. The molecule has 1 aliphatic rings. The molecule has 1 heterocycles. The Labute approximate surface area is 120 Å². The van der Waals surface area contributed by atoms with E-state index in [2.05, 4.69) is 4.57 Å². The number of nitrogens with zero attached hydrogens (tertiary/aromatic N) is 1. The fourth-order valence-electron chi connectivity index (χ4n) is 3.75. The number of fused-ring (bicyclic) bond motifs is 1. The minimum atomic E-state index is -0.101. The molecule has 1 aromatic carbocycles. The molecule has 2 heteroatoms. The molecule has 1 fully saturated rings. The summed E-state index contributed by atoms with van der Waals surface area (Å²) in [5.74, 6) is 0.817. The van der Waals surface area contributed by atoms with Gasteiger partial charge in [-0.05, 0) is 42.5 Å². The van der Waals surface area contributed by atoms with Crippen LogP contribution in [0.2, 0.25) is 0 Å². The number of aryl methyl sites for hydroxylation is 2. The summed E-state index contributed by atoms with van der Waals surface area (Å²) in [5, 5.41) is 1.03. The van der Waals surface area contributed by atoms with Gasteiger partial charge in [-0.25, -0.2) is 4.39 Å². The topological polar surface area (TPSA) is 4.93 Å².